The van der Waals surface area contributed by atoms with Crippen LogP contribution in [-0.2, 0) is 9.53 Å². The van der Waals surface area contributed by atoms with Crippen molar-refractivity contribution in [3.8, 4) is 0 Å². The number of thioether (sulfide) groups is 1. The molecule has 0 bridgehead atoms. The van der Waals surface area contributed by atoms with Gasteiger partial charge in [0, 0.05) is 33.7 Å². The Hall–Kier alpha value is -3.55. The zero-order valence-electron chi connectivity index (χ0n) is 21.8. The summed E-state index contributed by atoms with van der Waals surface area (Å²) in [6.07, 6.45) is 5.88. The Labute approximate surface area is 237 Å². The van der Waals surface area contributed by atoms with E-state index >= 15 is 0 Å². The molecule has 0 saturated carbocycles. The molecular weight excluding hydrogens is 530 g/mol. The molecule has 5 rings (SSSR count). The summed E-state index contributed by atoms with van der Waals surface area (Å²) in [4.78, 5) is 25.3. The van der Waals surface area contributed by atoms with Crippen molar-refractivity contribution in [3.63, 3.8) is 0 Å². The number of halogens is 1. The average molecular weight is 560 g/mol. The average Bonchev–Trinajstić information content (AvgIpc) is 3.46. The Morgan fingerprint density at radius 2 is 1.82 bits per heavy atom. The predicted molar refractivity (Wildman–Crippen MR) is 158 cm³/mol. The Morgan fingerprint density at radius 3 is 2.56 bits per heavy atom. The smallest absolute Gasteiger partial charge is 0.337 e. The first-order valence-corrected chi connectivity index (χ1v) is 14.3. The fraction of sp³-hybridized carbons (Fsp3) is 0.258. The van der Waals surface area contributed by atoms with E-state index in [1.54, 1.807) is 11.8 Å². The number of carbonyl (C=O) groups is 2. The van der Waals surface area contributed by atoms with Gasteiger partial charge in [0.25, 0.3) is 0 Å². The zero-order valence-corrected chi connectivity index (χ0v) is 23.4. The van der Waals surface area contributed by atoms with Crippen molar-refractivity contribution in [2.75, 3.05) is 18.2 Å². The summed E-state index contributed by atoms with van der Waals surface area (Å²) in [5.74, 6) is 0.858. The Morgan fingerprint density at radius 1 is 1.08 bits per heavy atom. The number of esters is 1. The van der Waals surface area contributed by atoms with E-state index in [2.05, 4.69) is 40.1 Å². The summed E-state index contributed by atoms with van der Waals surface area (Å²) in [7, 11) is 1.39. The van der Waals surface area contributed by atoms with Crippen LogP contribution in [0.15, 0.2) is 88.9 Å². The van der Waals surface area contributed by atoms with Crippen molar-refractivity contribution >= 4 is 46.6 Å². The van der Waals surface area contributed by atoms with E-state index in [1.165, 1.54) is 12.7 Å². The molecule has 0 radical (unpaired) electrons. The number of hydrogen-bond acceptors (Lipinski definition) is 6. The number of ether oxygens (including phenoxy) is 1. The molecule has 1 aliphatic carbocycles. The molecule has 0 fully saturated rings. The SMILES string of the molecule is COC(=O)c1ccc([C@@H]2Nc3ccc(/C(C)=N\NC(=O)CCSc4ccc(Cl)cc4)cc3[C@@H]3C=CC[C@@H]32)cc1. The maximum absolute atomic E-state index is 12.4. The summed E-state index contributed by atoms with van der Waals surface area (Å²) < 4.78 is 4.83. The molecule has 8 heteroatoms. The third-order valence-electron chi connectivity index (χ3n) is 7.23. The number of methoxy groups -OCH3 is 1. The van der Waals surface area contributed by atoms with E-state index < -0.39 is 0 Å². The molecule has 39 heavy (non-hydrogen) atoms. The monoisotopic (exact) mass is 559 g/mol. The number of nitrogens with one attached hydrogen (secondary N) is 2. The van der Waals surface area contributed by atoms with Crippen LogP contribution < -0.4 is 10.7 Å². The first-order valence-electron chi connectivity index (χ1n) is 12.9. The summed E-state index contributed by atoms with van der Waals surface area (Å²) in [6.45, 7) is 1.91. The van der Waals surface area contributed by atoms with Gasteiger partial charge in [0.2, 0.25) is 5.91 Å². The van der Waals surface area contributed by atoms with Crippen LogP contribution in [0.25, 0.3) is 0 Å². The van der Waals surface area contributed by atoms with Crippen LogP contribution in [0.4, 0.5) is 5.69 Å². The van der Waals surface area contributed by atoms with Gasteiger partial charge in [0.05, 0.1) is 24.4 Å². The van der Waals surface area contributed by atoms with Gasteiger partial charge in [0.1, 0.15) is 0 Å². The largest absolute Gasteiger partial charge is 0.465 e. The van der Waals surface area contributed by atoms with Gasteiger partial charge < -0.3 is 10.1 Å². The lowest BCUT2D eigenvalue weighted by atomic mass is 9.76. The minimum Gasteiger partial charge on any atom is -0.465 e. The van der Waals surface area contributed by atoms with E-state index in [-0.39, 0.29) is 23.8 Å². The van der Waals surface area contributed by atoms with E-state index in [1.807, 2.05) is 61.5 Å². The standard InChI is InChI=1S/C31H30ClN3O3S/c1-19(34-35-29(36)16-17-39-24-13-11-23(32)12-14-24)22-10-15-28-27(18-22)25-4-3-5-26(25)30(33-28)20-6-8-21(9-7-20)31(37)38-2/h3-4,6-15,18,25-26,30,33H,5,16-17H2,1-2H3,(H,35,36)/b34-19-/t25-,26+,30+/m1/s1. The molecule has 3 aromatic carbocycles. The highest BCUT2D eigenvalue weighted by Crippen LogP contribution is 2.50. The number of rotatable bonds is 8. The second-order valence-electron chi connectivity index (χ2n) is 9.68. The van der Waals surface area contributed by atoms with Crippen LogP contribution in [0.2, 0.25) is 5.02 Å². The summed E-state index contributed by atoms with van der Waals surface area (Å²) >= 11 is 7.54. The van der Waals surface area contributed by atoms with Gasteiger partial charge in [-0.1, -0.05) is 42.0 Å². The first kappa shape index (κ1) is 27.0. The number of amides is 1. The molecule has 0 saturated heterocycles. The highest BCUT2D eigenvalue weighted by molar-refractivity contribution is 7.99. The van der Waals surface area contributed by atoms with Gasteiger partial charge in [-0.25, -0.2) is 10.2 Å². The fourth-order valence-corrected chi connectivity index (χ4v) is 6.13. The first-order chi connectivity index (χ1) is 18.9. The third-order valence-corrected chi connectivity index (χ3v) is 8.50. The van der Waals surface area contributed by atoms with Crippen LogP contribution >= 0.6 is 23.4 Å². The lowest BCUT2D eigenvalue weighted by Gasteiger charge is -2.37. The second kappa shape index (κ2) is 12.1. The lowest BCUT2D eigenvalue weighted by molar-refractivity contribution is -0.120. The number of anilines is 1. The normalized spacial score (nSPS) is 19.6. The number of nitrogens with zero attached hydrogens (tertiary/aromatic N) is 1. The molecular formula is C31H30ClN3O3S. The predicted octanol–water partition coefficient (Wildman–Crippen LogP) is 6.98. The minimum absolute atomic E-state index is 0.115. The number of benzene rings is 3. The molecule has 6 nitrogen and oxygen atoms in total. The Kier molecular flexibility index (Phi) is 8.38. The maximum atomic E-state index is 12.4. The number of allylic oxidation sites excluding steroid dienone is 2. The van der Waals surface area contributed by atoms with Crippen molar-refractivity contribution in [3.05, 3.63) is 106 Å². The van der Waals surface area contributed by atoms with Crippen LogP contribution in [-0.4, -0.2) is 30.5 Å². The van der Waals surface area contributed by atoms with Gasteiger partial charge in [-0.05, 0) is 84.5 Å². The minimum atomic E-state index is -0.332. The summed E-state index contributed by atoms with van der Waals surface area (Å²) in [5.41, 5.74) is 8.45. The lowest BCUT2D eigenvalue weighted by Crippen LogP contribution is -2.29. The van der Waals surface area contributed by atoms with Gasteiger partial charge >= 0.3 is 5.97 Å². The highest BCUT2D eigenvalue weighted by Gasteiger charge is 2.38. The fourth-order valence-electron chi connectivity index (χ4n) is 5.15. The molecule has 3 atom stereocenters. The van der Waals surface area contributed by atoms with Gasteiger partial charge in [-0.2, -0.15) is 5.10 Å². The summed E-state index contributed by atoms with van der Waals surface area (Å²) in [6, 6.07) is 21.7. The van der Waals surface area contributed by atoms with E-state index in [0.717, 1.165) is 33.8 Å². The quantitative estimate of drug-likeness (QED) is 0.102. The topological polar surface area (TPSA) is 79.8 Å². The van der Waals surface area contributed by atoms with Crippen molar-refractivity contribution in [1.29, 1.82) is 0 Å². The second-order valence-corrected chi connectivity index (χ2v) is 11.3. The van der Waals surface area contributed by atoms with Crippen molar-refractivity contribution < 1.29 is 14.3 Å². The molecule has 2 aliphatic rings. The maximum Gasteiger partial charge on any atom is 0.337 e. The zero-order chi connectivity index (χ0) is 27.4. The van der Waals surface area contributed by atoms with Crippen molar-refractivity contribution in [1.82, 2.24) is 5.43 Å². The number of hydrazone groups is 1. The third kappa shape index (κ3) is 6.21. The highest BCUT2D eigenvalue weighted by atomic mass is 35.5. The molecule has 3 aromatic rings. The molecule has 0 aromatic heterocycles. The molecule has 200 valence electrons. The van der Waals surface area contributed by atoms with Gasteiger partial charge in [-0.3, -0.25) is 4.79 Å². The van der Waals surface area contributed by atoms with Crippen LogP contribution in [0.1, 0.15) is 58.8 Å². The van der Waals surface area contributed by atoms with E-state index in [0.29, 0.717) is 28.7 Å². The number of carbonyl (C=O) groups excluding carboxylic acids is 2. The molecule has 0 spiro atoms. The number of fused-ring (bicyclic) bond motifs is 3. The Balaban J connectivity index is 1.24. The van der Waals surface area contributed by atoms with Gasteiger partial charge in [-0.15, -0.1) is 11.8 Å². The van der Waals surface area contributed by atoms with Crippen molar-refractivity contribution in [2.45, 2.75) is 36.6 Å². The van der Waals surface area contributed by atoms with Crippen LogP contribution in [0.5, 0.6) is 0 Å². The van der Waals surface area contributed by atoms with Gasteiger partial charge in [0.15, 0.2) is 0 Å². The molecule has 1 heterocycles. The van der Waals surface area contributed by atoms with E-state index in [4.69, 9.17) is 16.3 Å². The van der Waals surface area contributed by atoms with Crippen LogP contribution in [0.3, 0.4) is 0 Å². The Bertz CT molecular complexity index is 1420. The summed E-state index contributed by atoms with van der Waals surface area (Å²) in [5, 5.41) is 8.80. The molecule has 0 unspecified atom stereocenters. The molecule has 1 amide bonds. The number of hydrogen-bond donors (Lipinski definition) is 2. The van der Waals surface area contributed by atoms with Crippen molar-refractivity contribution in [2.24, 2.45) is 11.0 Å². The van der Waals surface area contributed by atoms with Crippen LogP contribution in [0, 0.1) is 5.92 Å². The molecule has 1 aliphatic heterocycles. The molecule has 2 N–H and O–H groups in total. The van der Waals surface area contributed by atoms with E-state index in [9.17, 15) is 9.59 Å².